The summed E-state index contributed by atoms with van der Waals surface area (Å²) in [5.41, 5.74) is 6.48. The molecule has 0 aliphatic carbocycles. The third-order valence-corrected chi connectivity index (χ3v) is 4.37. The van der Waals surface area contributed by atoms with Gasteiger partial charge in [0.2, 0.25) is 5.91 Å². The zero-order valence-corrected chi connectivity index (χ0v) is 11.5. The van der Waals surface area contributed by atoms with Gasteiger partial charge >= 0.3 is 10.2 Å². The topological polar surface area (TPSA) is 80.5 Å². The molecule has 8 heteroatoms. The number of amides is 1. The zero-order valence-electron chi connectivity index (χ0n) is 9.14. The molecule has 2 N–H and O–H groups in total. The normalized spacial score (nSPS) is 20.4. The predicted molar refractivity (Wildman–Crippen MR) is 69.3 cm³/mol. The van der Waals surface area contributed by atoms with Crippen LogP contribution in [0.2, 0.25) is 0 Å². The molecule has 1 unspecified atom stereocenters. The lowest BCUT2D eigenvalue weighted by Crippen LogP contribution is -2.27. The van der Waals surface area contributed by atoms with Gasteiger partial charge in [-0.05, 0) is 18.2 Å². The van der Waals surface area contributed by atoms with Gasteiger partial charge in [0.05, 0.1) is 11.4 Å². The molecule has 1 amide bonds. The average Bonchev–Trinajstić information content (AvgIpc) is 2.60. The molecule has 1 aliphatic rings. The largest absolute Gasteiger partial charge is 0.397 e. The molecule has 1 aromatic rings. The molecule has 1 fully saturated rings. The molecule has 1 heterocycles. The van der Waals surface area contributed by atoms with E-state index in [-0.39, 0.29) is 13.0 Å². The molecule has 1 aliphatic heterocycles. The summed E-state index contributed by atoms with van der Waals surface area (Å²) in [6.07, 6.45) is -0.353. The molecule has 0 aromatic heterocycles. The van der Waals surface area contributed by atoms with Gasteiger partial charge < -0.3 is 10.6 Å². The Balaban J connectivity index is 2.33. The average molecular weight is 337 g/mol. The van der Waals surface area contributed by atoms with Crippen LogP contribution in [0.25, 0.3) is 0 Å². The molecule has 1 saturated heterocycles. The summed E-state index contributed by atoms with van der Waals surface area (Å²) in [5, 5.41) is -1.31. The highest BCUT2D eigenvalue weighted by atomic mass is 79.9. The second-order valence-corrected chi connectivity index (χ2v) is 6.54. The maximum Gasteiger partial charge on any atom is 0.307 e. The number of nitrogens with two attached hydrogens (primary N) is 1. The SMILES string of the molecule is Nc1cc(Br)ccc1N1CC(S(=O)(=O)F)CC1=O. The van der Waals surface area contributed by atoms with Gasteiger partial charge in [0, 0.05) is 17.4 Å². The molecule has 1 aromatic carbocycles. The fraction of sp³-hybridized carbons (Fsp3) is 0.300. The van der Waals surface area contributed by atoms with Crippen molar-refractivity contribution in [3.63, 3.8) is 0 Å². The van der Waals surface area contributed by atoms with Crippen LogP contribution in [0.4, 0.5) is 15.3 Å². The number of nitrogens with zero attached hydrogens (tertiary/aromatic N) is 1. The van der Waals surface area contributed by atoms with E-state index >= 15 is 0 Å². The van der Waals surface area contributed by atoms with Crippen molar-refractivity contribution >= 4 is 43.4 Å². The number of carbonyl (C=O) groups is 1. The Hall–Kier alpha value is -1.15. The van der Waals surface area contributed by atoms with Crippen molar-refractivity contribution in [2.75, 3.05) is 17.2 Å². The van der Waals surface area contributed by atoms with Gasteiger partial charge in [-0.3, -0.25) is 4.79 Å². The monoisotopic (exact) mass is 336 g/mol. The number of nitrogen functional groups attached to an aromatic ring is 1. The smallest absolute Gasteiger partial charge is 0.307 e. The second kappa shape index (κ2) is 4.51. The standard InChI is InChI=1S/C10H10BrFN2O3S/c11-6-1-2-9(8(13)3-6)14-5-7(4-10(14)15)18(12,16)17/h1-3,7H,4-5,13H2. The predicted octanol–water partition coefficient (Wildman–Crippen LogP) is 1.44. The lowest BCUT2D eigenvalue weighted by Gasteiger charge is -2.18. The number of carbonyl (C=O) groups excluding carboxylic acids is 1. The highest BCUT2D eigenvalue weighted by Crippen LogP contribution is 2.31. The lowest BCUT2D eigenvalue weighted by atomic mass is 10.2. The van der Waals surface area contributed by atoms with Crippen LogP contribution in [-0.2, 0) is 15.0 Å². The second-order valence-electron chi connectivity index (χ2n) is 4.01. The maximum atomic E-state index is 12.9. The highest BCUT2D eigenvalue weighted by Gasteiger charge is 2.39. The molecule has 2 rings (SSSR count). The quantitative estimate of drug-likeness (QED) is 0.654. The van der Waals surface area contributed by atoms with E-state index in [1.165, 1.54) is 4.90 Å². The van der Waals surface area contributed by atoms with Gasteiger partial charge in [0.1, 0.15) is 5.25 Å². The van der Waals surface area contributed by atoms with Crippen LogP contribution in [0.3, 0.4) is 0 Å². The Morgan fingerprint density at radius 3 is 2.61 bits per heavy atom. The van der Waals surface area contributed by atoms with Crippen LogP contribution in [0.15, 0.2) is 22.7 Å². The lowest BCUT2D eigenvalue weighted by molar-refractivity contribution is -0.117. The summed E-state index contributed by atoms with van der Waals surface area (Å²) in [7, 11) is -4.71. The van der Waals surface area contributed by atoms with E-state index < -0.39 is 21.4 Å². The number of hydrogen-bond acceptors (Lipinski definition) is 4. The van der Waals surface area contributed by atoms with Crippen molar-refractivity contribution in [1.82, 2.24) is 0 Å². The fourth-order valence-electron chi connectivity index (χ4n) is 1.87. The fourth-order valence-corrected chi connectivity index (χ4v) is 2.91. The van der Waals surface area contributed by atoms with Gasteiger partial charge in [-0.2, -0.15) is 8.42 Å². The number of halogens is 2. The van der Waals surface area contributed by atoms with Gasteiger partial charge in [0.25, 0.3) is 0 Å². The molecule has 0 bridgehead atoms. The molecule has 1 atom stereocenters. The molecule has 18 heavy (non-hydrogen) atoms. The van der Waals surface area contributed by atoms with Crippen LogP contribution in [0.5, 0.6) is 0 Å². The first-order valence-corrected chi connectivity index (χ1v) is 7.32. The van der Waals surface area contributed by atoms with Crippen molar-refractivity contribution in [1.29, 1.82) is 0 Å². The minimum Gasteiger partial charge on any atom is -0.397 e. The minimum atomic E-state index is -4.71. The van der Waals surface area contributed by atoms with E-state index in [0.717, 1.165) is 4.47 Å². The van der Waals surface area contributed by atoms with E-state index in [0.29, 0.717) is 11.4 Å². The molecule has 0 spiro atoms. The molecule has 98 valence electrons. The van der Waals surface area contributed by atoms with Crippen LogP contribution in [0.1, 0.15) is 6.42 Å². The highest BCUT2D eigenvalue weighted by molar-refractivity contribution is 9.10. The van der Waals surface area contributed by atoms with Gasteiger partial charge in [-0.25, -0.2) is 0 Å². The van der Waals surface area contributed by atoms with E-state index in [2.05, 4.69) is 15.9 Å². The number of rotatable bonds is 2. The van der Waals surface area contributed by atoms with Crippen LogP contribution < -0.4 is 10.6 Å². The Kier molecular flexibility index (Phi) is 3.33. The van der Waals surface area contributed by atoms with Crippen LogP contribution in [-0.4, -0.2) is 26.1 Å². The molecule has 0 saturated carbocycles. The zero-order chi connectivity index (χ0) is 13.5. The van der Waals surface area contributed by atoms with Gasteiger partial charge in [0.15, 0.2) is 0 Å². The Labute approximate surface area is 112 Å². The molecule has 0 radical (unpaired) electrons. The van der Waals surface area contributed by atoms with Crippen molar-refractivity contribution in [3.8, 4) is 0 Å². The van der Waals surface area contributed by atoms with E-state index in [4.69, 9.17) is 5.73 Å². The number of anilines is 2. The summed E-state index contributed by atoms with van der Waals surface area (Å²) < 4.78 is 35.2. The summed E-state index contributed by atoms with van der Waals surface area (Å²) in [6, 6.07) is 4.86. The summed E-state index contributed by atoms with van der Waals surface area (Å²) in [5.74, 6) is -0.449. The van der Waals surface area contributed by atoms with Crippen molar-refractivity contribution in [2.45, 2.75) is 11.7 Å². The van der Waals surface area contributed by atoms with Gasteiger partial charge in [-0.15, -0.1) is 3.89 Å². The van der Waals surface area contributed by atoms with Crippen molar-refractivity contribution < 1.29 is 17.1 Å². The molecular formula is C10H10BrFN2O3S. The Morgan fingerprint density at radius 2 is 2.11 bits per heavy atom. The summed E-state index contributed by atoms with van der Waals surface area (Å²) >= 11 is 3.22. The maximum absolute atomic E-state index is 12.9. The first-order valence-electron chi connectivity index (χ1n) is 5.08. The third-order valence-electron chi connectivity index (χ3n) is 2.77. The Bertz CT molecular complexity index is 605. The van der Waals surface area contributed by atoms with Crippen molar-refractivity contribution in [3.05, 3.63) is 22.7 Å². The van der Waals surface area contributed by atoms with E-state index in [9.17, 15) is 17.1 Å². The summed E-state index contributed by atoms with van der Waals surface area (Å²) in [6.45, 7) is -0.205. The van der Waals surface area contributed by atoms with Gasteiger partial charge in [-0.1, -0.05) is 15.9 Å². The first kappa shape index (κ1) is 13.3. The van der Waals surface area contributed by atoms with E-state index in [1.54, 1.807) is 18.2 Å². The molecule has 5 nitrogen and oxygen atoms in total. The Morgan fingerprint density at radius 1 is 1.44 bits per heavy atom. The number of hydrogen-bond donors (Lipinski definition) is 1. The van der Waals surface area contributed by atoms with Crippen LogP contribution in [0, 0.1) is 0 Å². The molecular weight excluding hydrogens is 327 g/mol. The number of benzene rings is 1. The van der Waals surface area contributed by atoms with Crippen LogP contribution >= 0.6 is 15.9 Å². The van der Waals surface area contributed by atoms with E-state index in [1.807, 2.05) is 0 Å². The minimum absolute atomic E-state index is 0.205. The summed E-state index contributed by atoms with van der Waals surface area (Å²) in [4.78, 5) is 12.9. The third kappa shape index (κ3) is 2.49. The van der Waals surface area contributed by atoms with Crippen molar-refractivity contribution in [2.24, 2.45) is 0 Å². The first-order chi connectivity index (χ1) is 8.29.